The fourth-order valence-electron chi connectivity index (χ4n) is 3.54. The van der Waals surface area contributed by atoms with Crippen LogP contribution in [0.2, 0.25) is 0 Å². The van der Waals surface area contributed by atoms with Crippen LogP contribution in [-0.4, -0.2) is 37.6 Å². The van der Waals surface area contributed by atoms with E-state index in [4.69, 9.17) is 4.74 Å². The van der Waals surface area contributed by atoms with Gasteiger partial charge in [0.25, 0.3) is 0 Å². The lowest BCUT2D eigenvalue weighted by Gasteiger charge is -2.28. The highest BCUT2D eigenvalue weighted by Gasteiger charge is 2.24. The number of benzene rings is 2. The summed E-state index contributed by atoms with van der Waals surface area (Å²) < 4.78 is 18.2. The molecule has 1 unspecified atom stereocenters. The number of halogens is 1. The molecule has 1 aliphatic heterocycles. The molecule has 4 nitrogen and oxygen atoms in total. The maximum atomic E-state index is 13.0. The van der Waals surface area contributed by atoms with E-state index >= 15 is 0 Å². The molecule has 1 fully saturated rings. The molecule has 2 aromatic rings. The normalized spacial score (nSPS) is 15.5. The van der Waals surface area contributed by atoms with E-state index in [0.717, 1.165) is 24.4 Å². The molecule has 0 aliphatic carbocycles. The van der Waals surface area contributed by atoms with E-state index in [1.54, 1.807) is 19.2 Å². The van der Waals surface area contributed by atoms with Crippen LogP contribution < -0.4 is 10.1 Å². The fourth-order valence-corrected chi connectivity index (χ4v) is 3.54. The molecule has 0 aromatic heterocycles. The SMILES string of the molecule is COc1ccc(C(CNC(=O)CCc2ccc(F)cc2)N2CCCC2)cc1. The van der Waals surface area contributed by atoms with Crippen LogP contribution in [0.3, 0.4) is 0 Å². The average Bonchev–Trinajstić information content (AvgIpc) is 3.23. The molecular weight excluding hydrogens is 343 g/mol. The van der Waals surface area contributed by atoms with Crippen LogP contribution in [-0.2, 0) is 11.2 Å². The molecule has 144 valence electrons. The van der Waals surface area contributed by atoms with Crippen molar-refractivity contribution >= 4 is 5.91 Å². The second kappa shape index (κ2) is 9.51. The number of hydrogen-bond donors (Lipinski definition) is 1. The van der Waals surface area contributed by atoms with Gasteiger partial charge in [-0.3, -0.25) is 9.69 Å². The second-order valence-corrected chi connectivity index (χ2v) is 6.96. The Morgan fingerprint density at radius 1 is 1.11 bits per heavy atom. The van der Waals surface area contributed by atoms with Gasteiger partial charge in [-0.1, -0.05) is 24.3 Å². The van der Waals surface area contributed by atoms with Crippen molar-refractivity contribution in [1.82, 2.24) is 10.2 Å². The molecule has 0 bridgehead atoms. The zero-order valence-electron chi connectivity index (χ0n) is 15.8. The van der Waals surface area contributed by atoms with Gasteiger partial charge in [-0.15, -0.1) is 0 Å². The standard InChI is InChI=1S/C22H27FN2O2/c1-27-20-11-7-18(8-12-20)21(25-14-2-3-15-25)16-24-22(26)13-6-17-4-9-19(23)10-5-17/h4-5,7-12,21H,2-3,6,13-16H2,1H3,(H,24,26). The molecule has 0 spiro atoms. The Labute approximate surface area is 160 Å². The van der Waals surface area contributed by atoms with Gasteiger partial charge in [0.2, 0.25) is 5.91 Å². The van der Waals surface area contributed by atoms with Crippen LogP contribution >= 0.6 is 0 Å². The Morgan fingerprint density at radius 2 is 1.78 bits per heavy atom. The van der Waals surface area contributed by atoms with E-state index in [9.17, 15) is 9.18 Å². The molecule has 2 aromatic carbocycles. The summed E-state index contributed by atoms with van der Waals surface area (Å²) in [7, 11) is 1.66. The van der Waals surface area contributed by atoms with Crippen molar-refractivity contribution in [3.8, 4) is 5.75 Å². The lowest BCUT2D eigenvalue weighted by molar-refractivity contribution is -0.121. The summed E-state index contributed by atoms with van der Waals surface area (Å²) in [5.41, 5.74) is 2.16. The highest BCUT2D eigenvalue weighted by atomic mass is 19.1. The van der Waals surface area contributed by atoms with E-state index in [2.05, 4.69) is 22.3 Å². The number of hydrogen-bond acceptors (Lipinski definition) is 3. The van der Waals surface area contributed by atoms with Gasteiger partial charge in [0, 0.05) is 13.0 Å². The largest absolute Gasteiger partial charge is 0.497 e. The minimum atomic E-state index is -0.254. The minimum Gasteiger partial charge on any atom is -0.497 e. The Kier molecular flexibility index (Phi) is 6.82. The van der Waals surface area contributed by atoms with Crippen LogP contribution in [0.15, 0.2) is 48.5 Å². The number of methoxy groups -OCH3 is 1. The third-order valence-electron chi connectivity index (χ3n) is 5.13. The van der Waals surface area contributed by atoms with Gasteiger partial charge in [0.15, 0.2) is 0 Å². The third kappa shape index (κ3) is 5.54. The number of rotatable bonds is 8. The number of carbonyl (C=O) groups excluding carboxylic acids is 1. The Balaban J connectivity index is 1.56. The summed E-state index contributed by atoms with van der Waals surface area (Å²) in [5.74, 6) is 0.607. The van der Waals surface area contributed by atoms with Gasteiger partial charge in [-0.2, -0.15) is 0 Å². The van der Waals surface area contributed by atoms with Crippen LogP contribution in [0, 0.1) is 5.82 Å². The quantitative estimate of drug-likeness (QED) is 0.770. The molecule has 1 amide bonds. The Bertz CT molecular complexity index is 725. The van der Waals surface area contributed by atoms with Crippen molar-refractivity contribution in [2.24, 2.45) is 0 Å². The van der Waals surface area contributed by atoms with Crippen LogP contribution in [0.4, 0.5) is 4.39 Å². The summed E-state index contributed by atoms with van der Waals surface area (Å²) in [5, 5.41) is 3.08. The molecule has 1 aliphatic rings. The second-order valence-electron chi connectivity index (χ2n) is 6.96. The summed E-state index contributed by atoms with van der Waals surface area (Å²) in [6.07, 6.45) is 3.42. The first-order valence-corrected chi connectivity index (χ1v) is 9.55. The third-order valence-corrected chi connectivity index (χ3v) is 5.13. The smallest absolute Gasteiger partial charge is 0.220 e. The maximum Gasteiger partial charge on any atom is 0.220 e. The summed E-state index contributed by atoms with van der Waals surface area (Å²) in [6, 6.07) is 14.6. The van der Waals surface area contributed by atoms with Crippen molar-refractivity contribution < 1.29 is 13.9 Å². The first kappa shape index (κ1) is 19.4. The number of carbonyl (C=O) groups is 1. The van der Waals surface area contributed by atoms with E-state index in [0.29, 0.717) is 19.4 Å². The van der Waals surface area contributed by atoms with Crippen molar-refractivity contribution in [2.45, 2.75) is 31.7 Å². The highest BCUT2D eigenvalue weighted by molar-refractivity contribution is 5.76. The molecule has 27 heavy (non-hydrogen) atoms. The number of ether oxygens (including phenoxy) is 1. The fraction of sp³-hybridized carbons (Fsp3) is 0.409. The first-order valence-electron chi connectivity index (χ1n) is 9.55. The maximum absolute atomic E-state index is 13.0. The van der Waals surface area contributed by atoms with Crippen LogP contribution in [0.5, 0.6) is 5.75 Å². The Hall–Kier alpha value is -2.40. The van der Waals surface area contributed by atoms with Gasteiger partial charge in [-0.05, 0) is 67.7 Å². The van der Waals surface area contributed by atoms with E-state index in [1.807, 2.05) is 12.1 Å². The van der Waals surface area contributed by atoms with E-state index in [-0.39, 0.29) is 17.8 Å². The van der Waals surface area contributed by atoms with Crippen molar-refractivity contribution in [1.29, 1.82) is 0 Å². The molecule has 5 heteroatoms. The number of aryl methyl sites for hydroxylation is 1. The molecule has 3 rings (SSSR count). The highest BCUT2D eigenvalue weighted by Crippen LogP contribution is 2.26. The minimum absolute atomic E-state index is 0.0250. The monoisotopic (exact) mass is 370 g/mol. The summed E-state index contributed by atoms with van der Waals surface area (Å²) in [6.45, 7) is 2.71. The lowest BCUT2D eigenvalue weighted by atomic mass is 10.0. The Morgan fingerprint density at radius 3 is 2.41 bits per heavy atom. The molecular formula is C22H27FN2O2. The number of nitrogens with zero attached hydrogens (tertiary/aromatic N) is 1. The molecule has 1 N–H and O–H groups in total. The molecule has 1 heterocycles. The van der Waals surface area contributed by atoms with E-state index < -0.39 is 0 Å². The average molecular weight is 370 g/mol. The van der Waals surface area contributed by atoms with E-state index in [1.165, 1.54) is 30.5 Å². The predicted molar refractivity (Wildman–Crippen MR) is 104 cm³/mol. The zero-order chi connectivity index (χ0) is 19.1. The topological polar surface area (TPSA) is 41.6 Å². The van der Waals surface area contributed by atoms with Crippen molar-refractivity contribution in [3.05, 3.63) is 65.5 Å². The molecule has 0 saturated carbocycles. The number of amides is 1. The number of likely N-dealkylation sites (tertiary alicyclic amines) is 1. The predicted octanol–water partition coefficient (Wildman–Crippen LogP) is 3.72. The van der Waals surface area contributed by atoms with Gasteiger partial charge < -0.3 is 10.1 Å². The summed E-state index contributed by atoms with van der Waals surface area (Å²) >= 11 is 0. The molecule has 1 atom stereocenters. The molecule has 0 radical (unpaired) electrons. The van der Waals surface area contributed by atoms with Gasteiger partial charge in [-0.25, -0.2) is 4.39 Å². The van der Waals surface area contributed by atoms with Gasteiger partial charge >= 0.3 is 0 Å². The zero-order valence-corrected chi connectivity index (χ0v) is 15.8. The van der Waals surface area contributed by atoms with Gasteiger partial charge in [0.1, 0.15) is 11.6 Å². The van der Waals surface area contributed by atoms with Crippen LogP contribution in [0.1, 0.15) is 36.4 Å². The van der Waals surface area contributed by atoms with Gasteiger partial charge in [0.05, 0.1) is 13.2 Å². The van der Waals surface area contributed by atoms with Crippen molar-refractivity contribution in [3.63, 3.8) is 0 Å². The number of nitrogens with one attached hydrogen (secondary N) is 1. The first-order chi connectivity index (χ1) is 13.2. The summed E-state index contributed by atoms with van der Waals surface area (Å²) in [4.78, 5) is 14.7. The van der Waals surface area contributed by atoms with Crippen molar-refractivity contribution in [2.75, 3.05) is 26.7 Å². The molecule has 1 saturated heterocycles. The lowest BCUT2D eigenvalue weighted by Crippen LogP contribution is -2.36. The van der Waals surface area contributed by atoms with Crippen LogP contribution in [0.25, 0.3) is 0 Å².